The molecule has 0 aliphatic heterocycles. The molecule has 0 bridgehead atoms. The van der Waals surface area contributed by atoms with Crippen LogP contribution in [0.4, 0.5) is 9.59 Å². The summed E-state index contributed by atoms with van der Waals surface area (Å²) in [6.07, 6.45) is -0.817. The highest BCUT2D eigenvalue weighted by atomic mass is 16.7. The second-order valence-corrected chi connectivity index (χ2v) is 18.9. The Labute approximate surface area is 450 Å². The summed E-state index contributed by atoms with van der Waals surface area (Å²) in [6.45, 7) is 0.157. The topological polar surface area (TPSA) is 260 Å². The van der Waals surface area contributed by atoms with Gasteiger partial charge in [-0.05, 0) is 79.0 Å². The molecule has 0 amide bonds. The van der Waals surface area contributed by atoms with E-state index in [-0.39, 0.29) is 75.7 Å². The summed E-state index contributed by atoms with van der Waals surface area (Å²) in [5.41, 5.74) is -1.88. The van der Waals surface area contributed by atoms with Gasteiger partial charge >= 0.3 is 12.3 Å². The molecule has 10 rings (SSSR count). The number of benzene rings is 4. The normalized spacial score (nSPS) is 24.4. The molecule has 4 aliphatic carbocycles. The molecule has 0 saturated heterocycles. The van der Waals surface area contributed by atoms with Crippen LogP contribution in [0.3, 0.4) is 0 Å². The molecule has 78 heavy (non-hydrogen) atoms. The van der Waals surface area contributed by atoms with Crippen LogP contribution in [0.5, 0.6) is 11.8 Å². The molecule has 0 fully saturated rings. The molecule has 410 valence electrons. The summed E-state index contributed by atoms with van der Waals surface area (Å²) < 4.78 is 44.2. The van der Waals surface area contributed by atoms with Gasteiger partial charge in [-0.3, -0.25) is 24.2 Å². The number of aromatic nitrogens is 2. The standard InChI is InChI=1S/C28H28N2O8.C28H26N2O8.2CH4/c2*1-30(2)23-22-19(37-27(33)36-16-18-11-7-4-8-12-18)13-14-20(31)28(22,34)25(32)21-24(23)38-29-26(21)35-15-17-9-5-3-6-10-17;;/h3-14,19-20,22-23,31,34H,15-16H2,1-2H3;3-14,19,22-23,34H,15-16H2,1-2H3;2*1H4/t19-,20+,22-,23-,28+;19-,22-,23-,28+;;/m00../s1. The molecule has 20 nitrogen and oxygen atoms in total. The van der Waals surface area contributed by atoms with Crippen LogP contribution >= 0.6 is 0 Å². The fourth-order valence-corrected chi connectivity index (χ4v) is 9.96. The van der Waals surface area contributed by atoms with Gasteiger partial charge in [0.15, 0.2) is 28.5 Å². The lowest BCUT2D eigenvalue weighted by molar-refractivity contribution is -0.145. The smallest absolute Gasteiger partial charge is 0.470 e. The second-order valence-electron chi connectivity index (χ2n) is 18.9. The molecule has 0 unspecified atom stereocenters. The monoisotopic (exact) mass is 1070 g/mol. The number of hydrogen-bond acceptors (Lipinski definition) is 20. The number of fused-ring (bicyclic) bond motifs is 4. The molecule has 3 N–H and O–H groups in total. The number of carbonyl (C=O) groups is 5. The minimum absolute atomic E-state index is 0. The van der Waals surface area contributed by atoms with Crippen LogP contribution < -0.4 is 9.47 Å². The van der Waals surface area contributed by atoms with E-state index in [1.165, 1.54) is 18.2 Å². The Kier molecular flexibility index (Phi) is 17.9. The third-order valence-electron chi connectivity index (χ3n) is 13.6. The van der Waals surface area contributed by atoms with Crippen molar-refractivity contribution in [1.82, 2.24) is 20.1 Å². The van der Waals surface area contributed by atoms with Crippen LogP contribution in [0.15, 0.2) is 155 Å². The van der Waals surface area contributed by atoms with Crippen LogP contribution in [0.25, 0.3) is 0 Å². The van der Waals surface area contributed by atoms with E-state index >= 15 is 0 Å². The van der Waals surface area contributed by atoms with Gasteiger partial charge in [-0.25, -0.2) is 9.59 Å². The Morgan fingerprint density at radius 3 is 1.36 bits per heavy atom. The van der Waals surface area contributed by atoms with Gasteiger partial charge in [-0.1, -0.05) is 142 Å². The lowest BCUT2D eigenvalue weighted by Gasteiger charge is -2.49. The van der Waals surface area contributed by atoms with Gasteiger partial charge in [-0.15, -0.1) is 0 Å². The zero-order valence-corrected chi connectivity index (χ0v) is 41.7. The molecule has 4 aromatic carbocycles. The number of ether oxygens (including phenoxy) is 6. The summed E-state index contributed by atoms with van der Waals surface area (Å²) in [4.78, 5) is 69.1. The van der Waals surface area contributed by atoms with Crippen LogP contribution in [-0.4, -0.2) is 123 Å². The molecule has 6 aromatic rings. The van der Waals surface area contributed by atoms with E-state index in [1.54, 1.807) is 62.3 Å². The zero-order valence-electron chi connectivity index (χ0n) is 41.7. The third kappa shape index (κ3) is 11.3. The summed E-state index contributed by atoms with van der Waals surface area (Å²) in [5, 5.41) is 42.2. The predicted octanol–water partition coefficient (Wildman–Crippen LogP) is 7.59. The van der Waals surface area contributed by atoms with E-state index < -0.39 is 83.1 Å². The molecule has 20 heteroatoms. The first-order valence-corrected chi connectivity index (χ1v) is 24.1. The first-order valence-electron chi connectivity index (χ1n) is 24.1. The van der Waals surface area contributed by atoms with Crippen molar-refractivity contribution < 1.29 is 76.8 Å². The van der Waals surface area contributed by atoms with Crippen LogP contribution in [0.1, 0.15) is 81.4 Å². The van der Waals surface area contributed by atoms with Crippen LogP contribution in [-0.2, 0) is 50.2 Å². The molecular weight excluding hydrogens is 1010 g/mol. The number of carbonyl (C=O) groups excluding carboxylic acids is 5. The van der Waals surface area contributed by atoms with Crippen molar-refractivity contribution in [3.8, 4) is 11.8 Å². The van der Waals surface area contributed by atoms with Crippen molar-refractivity contribution in [2.24, 2.45) is 11.8 Å². The third-order valence-corrected chi connectivity index (χ3v) is 13.6. The maximum Gasteiger partial charge on any atom is 0.509 e. The average Bonchev–Trinajstić information content (AvgIpc) is 4.05. The molecule has 9 atom stereocenters. The van der Waals surface area contributed by atoms with Crippen LogP contribution in [0.2, 0.25) is 0 Å². The van der Waals surface area contributed by atoms with Crippen molar-refractivity contribution >= 4 is 29.7 Å². The average molecular weight is 1070 g/mol. The molecule has 2 heterocycles. The highest BCUT2D eigenvalue weighted by Crippen LogP contribution is 2.52. The Morgan fingerprint density at radius 2 is 0.936 bits per heavy atom. The van der Waals surface area contributed by atoms with Crippen molar-refractivity contribution in [2.45, 2.75) is 82.9 Å². The highest BCUT2D eigenvalue weighted by Gasteiger charge is 2.66. The largest absolute Gasteiger partial charge is 0.509 e. The Hall–Kier alpha value is -8.27. The second kappa shape index (κ2) is 24.4. The summed E-state index contributed by atoms with van der Waals surface area (Å²) in [7, 11) is 6.80. The fourth-order valence-electron chi connectivity index (χ4n) is 9.96. The number of nitrogens with zero attached hydrogens (tertiary/aromatic N) is 4. The Bertz CT molecular complexity index is 3110. The molecule has 0 radical (unpaired) electrons. The lowest BCUT2D eigenvalue weighted by atomic mass is 9.63. The Balaban J connectivity index is 0.000000220. The SMILES string of the molecule is C.C.CN(C)[C@@H]1c2onc(OCc3ccccc3)c2C(=O)[C@@]2(O)C(=O)C=C[C@H](OC(=O)OCc3ccccc3)[C@@H]12.CN(C)[C@@H]1c2onc(OCc3ccccc3)c2C(=O)[C@]2(O)[C@H]1[C@@H](OC(=O)OCc1ccccc1)C=C[C@H]2O. The van der Waals surface area contributed by atoms with E-state index in [2.05, 4.69) is 10.3 Å². The van der Waals surface area contributed by atoms with Crippen LogP contribution in [0, 0.1) is 11.8 Å². The van der Waals surface area contributed by atoms with Crippen molar-refractivity contribution in [3.63, 3.8) is 0 Å². The first kappa shape index (κ1) is 57.4. The summed E-state index contributed by atoms with van der Waals surface area (Å²) in [6, 6.07) is 35.0. The molecule has 0 saturated carbocycles. The minimum Gasteiger partial charge on any atom is -0.470 e. The van der Waals surface area contributed by atoms with Gasteiger partial charge in [0.25, 0.3) is 11.8 Å². The van der Waals surface area contributed by atoms with Gasteiger partial charge in [0.1, 0.15) is 55.9 Å². The van der Waals surface area contributed by atoms with E-state index in [0.29, 0.717) is 0 Å². The summed E-state index contributed by atoms with van der Waals surface area (Å²) in [5.74, 6) is -4.92. The number of ketones is 3. The molecule has 4 aliphatic rings. The van der Waals surface area contributed by atoms with Crippen molar-refractivity contribution in [3.05, 3.63) is 191 Å². The predicted molar refractivity (Wildman–Crippen MR) is 279 cm³/mol. The van der Waals surface area contributed by atoms with Gasteiger partial charge in [-0.2, -0.15) is 0 Å². The molecular formula is C58H62N4O16. The lowest BCUT2D eigenvalue weighted by Crippen LogP contribution is -2.65. The van der Waals surface area contributed by atoms with E-state index in [9.17, 15) is 39.3 Å². The highest BCUT2D eigenvalue weighted by molar-refractivity contribution is 6.23. The van der Waals surface area contributed by atoms with Gasteiger partial charge in [0, 0.05) is 0 Å². The number of Topliss-reactive ketones (excluding diaryl/α,β-unsaturated/α-hetero) is 2. The first-order chi connectivity index (χ1) is 36.6. The summed E-state index contributed by atoms with van der Waals surface area (Å²) >= 11 is 0. The fraction of sp³-hybridized carbons (Fsp3) is 0.328. The number of aliphatic hydroxyl groups excluding tert-OH is 1. The number of aliphatic hydroxyl groups is 3. The Morgan fingerprint density at radius 1 is 0.551 bits per heavy atom. The minimum atomic E-state index is -2.54. The van der Waals surface area contributed by atoms with Gasteiger partial charge in [0.05, 0.1) is 23.9 Å². The number of hydrogen-bond donors (Lipinski definition) is 3. The number of rotatable bonds is 14. The van der Waals surface area contributed by atoms with E-state index in [4.69, 9.17) is 37.5 Å². The van der Waals surface area contributed by atoms with Gasteiger partial charge < -0.3 is 52.8 Å². The maximum atomic E-state index is 13.8. The molecule has 2 aromatic heterocycles. The molecule has 0 spiro atoms. The van der Waals surface area contributed by atoms with Crippen molar-refractivity contribution in [1.29, 1.82) is 0 Å². The quantitative estimate of drug-likeness (QED) is 0.0539. The maximum absolute atomic E-state index is 13.8. The van der Waals surface area contributed by atoms with Gasteiger partial charge in [0.2, 0.25) is 11.6 Å². The van der Waals surface area contributed by atoms with E-state index in [0.717, 1.165) is 28.3 Å². The van der Waals surface area contributed by atoms with Crippen molar-refractivity contribution in [2.75, 3.05) is 28.2 Å². The zero-order chi connectivity index (χ0) is 53.7. The van der Waals surface area contributed by atoms with E-state index in [1.807, 2.05) is 97.1 Å².